The van der Waals surface area contributed by atoms with Gasteiger partial charge in [-0.05, 0) is 53.4 Å². The standard InChI is InChI=1S/C26H34O8/c1-10-15(4)26(30)34-25-21(16(5)13-11-12-14(2)3)24(33-20(9)29)22(31-18(7)27)17(6)23(25)32-19(8)28/h10,12,16H,11,13H2,1-9H3/b15-10-/t16-/m1/s1. The Morgan fingerprint density at radius 3 is 1.62 bits per heavy atom. The van der Waals surface area contributed by atoms with Crippen molar-refractivity contribution in [3.63, 3.8) is 0 Å². The molecule has 0 bridgehead atoms. The molecule has 0 unspecified atom stereocenters. The molecule has 8 heteroatoms. The van der Waals surface area contributed by atoms with E-state index in [-0.39, 0.29) is 40.0 Å². The molecule has 0 N–H and O–H groups in total. The normalized spacial score (nSPS) is 11.9. The van der Waals surface area contributed by atoms with Gasteiger partial charge < -0.3 is 18.9 Å². The Balaban J connectivity index is 4.04. The first-order valence-electron chi connectivity index (χ1n) is 11.0. The van der Waals surface area contributed by atoms with Gasteiger partial charge in [-0.1, -0.05) is 24.6 Å². The third-order valence-corrected chi connectivity index (χ3v) is 4.92. The van der Waals surface area contributed by atoms with E-state index in [1.165, 1.54) is 27.7 Å². The third-order valence-electron chi connectivity index (χ3n) is 4.92. The van der Waals surface area contributed by atoms with Crippen LogP contribution in [0.25, 0.3) is 0 Å². The molecule has 0 aliphatic rings. The zero-order chi connectivity index (χ0) is 26.2. The molecular formula is C26H34O8. The minimum absolute atomic E-state index is 0.0540. The van der Waals surface area contributed by atoms with Gasteiger partial charge >= 0.3 is 23.9 Å². The van der Waals surface area contributed by atoms with Gasteiger partial charge in [0.1, 0.15) is 0 Å². The minimum atomic E-state index is -0.666. The molecule has 0 radical (unpaired) electrons. The van der Waals surface area contributed by atoms with Crippen molar-refractivity contribution >= 4 is 23.9 Å². The number of carbonyl (C=O) groups is 4. The number of benzene rings is 1. The van der Waals surface area contributed by atoms with Gasteiger partial charge in [0.25, 0.3) is 0 Å². The van der Waals surface area contributed by atoms with Crippen molar-refractivity contribution in [1.82, 2.24) is 0 Å². The van der Waals surface area contributed by atoms with Crippen LogP contribution in [-0.4, -0.2) is 23.9 Å². The van der Waals surface area contributed by atoms with Crippen molar-refractivity contribution in [2.75, 3.05) is 0 Å². The van der Waals surface area contributed by atoms with E-state index in [0.29, 0.717) is 18.4 Å². The summed E-state index contributed by atoms with van der Waals surface area (Å²) in [6.45, 7) is 14.2. The topological polar surface area (TPSA) is 105 Å². The van der Waals surface area contributed by atoms with Gasteiger partial charge in [-0.3, -0.25) is 14.4 Å². The molecule has 0 spiro atoms. The maximum absolute atomic E-state index is 12.7. The van der Waals surface area contributed by atoms with Crippen LogP contribution in [0.1, 0.15) is 85.3 Å². The minimum Gasteiger partial charge on any atom is -0.422 e. The van der Waals surface area contributed by atoms with E-state index in [2.05, 4.69) is 0 Å². The van der Waals surface area contributed by atoms with E-state index in [1.807, 2.05) is 26.8 Å². The first-order valence-corrected chi connectivity index (χ1v) is 11.0. The second kappa shape index (κ2) is 12.7. The van der Waals surface area contributed by atoms with Crippen LogP contribution in [-0.2, 0) is 19.2 Å². The summed E-state index contributed by atoms with van der Waals surface area (Å²) in [5, 5.41) is 0. The summed E-state index contributed by atoms with van der Waals surface area (Å²) < 4.78 is 22.0. The monoisotopic (exact) mass is 474 g/mol. The Hall–Kier alpha value is -3.42. The number of esters is 4. The highest BCUT2D eigenvalue weighted by atomic mass is 16.6. The largest absolute Gasteiger partial charge is 0.422 e. The molecule has 0 aromatic heterocycles. The number of carbonyl (C=O) groups excluding carboxylic acids is 4. The van der Waals surface area contributed by atoms with Crippen molar-refractivity contribution in [3.05, 3.63) is 34.4 Å². The van der Waals surface area contributed by atoms with E-state index >= 15 is 0 Å². The van der Waals surface area contributed by atoms with Gasteiger partial charge in [0.05, 0.1) is 0 Å². The van der Waals surface area contributed by atoms with E-state index < -0.39 is 23.9 Å². The maximum atomic E-state index is 12.7. The number of allylic oxidation sites excluding steroid dienone is 3. The Morgan fingerprint density at radius 1 is 0.765 bits per heavy atom. The molecule has 0 fully saturated rings. The van der Waals surface area contributed by atoms with Crippen LogP contribution < -0.4 is 18.9 Å². The van der Waals surface area contributed by atoms with Gasteiger partial charge in [-0.2, -0.15) is 0 Å². The van der Waals surface area contributed by atoms with Crippen molar-refractivity contribution in [3.8, 4) is 23.0 Å². The summed E-state index contributed by atoms with van der Waals surface area (Å²) >= 11 is 0. The highest BCUT2D eigenvalue weighted by Gasteiger charge is 2.33. The fourth-order valence-corrected chi connectivity index (χ4v) is 3.18. The second-order valence-electron chi connectivity index (χ2n) is 8.26. The van der Waals surface area contributed by atoms with E-state index in [9.17, 15) is 19.2 Å². The fraction of sp³-hybridized carbons (Fsp3) is 0.462. The first kappa shape index (κ1) is 28.6. The first-order chi connectivity index (χ1) is 15.8. The molecule has 0 saturated heterocycles. The van der Waals surface area contributed by atoms with E-state index in [0.717, 1.165) is 5.57 Å². The van der Waals surface area contributed by atoms with Crippen molar-refractivity contribution in [2.24, 2.45) is 0 Å². The van der Waals surface area contributed by atoms with Crippen LogP contribution in [0.3, 0.4) is 0 Å². The van der Waals surface area contributed by atoms with Crippen LogP contribution in [0.5, 0.6) is 23.0 Å². The summed E-state index contributed by atoms with van der Waals surface area (Å²) in [7, 11) is 0. The molecule has 1 aromatic carbocycles. The molecule has 186 valence electrons. The molecular weight excluding hydrogens is 440 g/mol. The van der Waals surface area contributed by atoms with Crippen LogP contribution in [0, 0.1) is 6.92 Å². The smallest absolute Gasteiger partial charge is 0.338 e. The summed E-state index contributed by atoms with van der Waals surface area (Å²) in [6, 6.07) is 0. The second-order valence-corrected chi connectivity index (χ2v) is 8.26. The van der Waals surface area contributed by atoms with Crippen molar-refractivity contribution in [2.45, 2.75) is 81.1 Å². The van der Waals surface area contributed by atoms with E-state index in [1.54, 1.807) is 19.9 Å². The maximum Gasteiger partial charge on any atom is 0.338 e. The Morgan fingerprint density at radius 2 is 1.21 bits per heavy atom. The van der Waals surface area contributed by atoms with Crippen LogP contribution in [0.4, 0.5) is 0 Å². The average molecular weight is 475 g/mol. The van der Waals surface area contributed by atoms with Crippen molar-refractivity contribution < 1.29 is 38.1 Å². The Labute approximate surface area is 200 Å². The summed E-state index contributed by atoms with van der Waals surface area (Å²) in [5.41, 5.74) is 1.91. The summed E-state index contributed by atoms with van der Waals surface area (Å²) in [5.74, 6) is -3.27. The van der Waals surface area contributed by atoms with Gasteiger partial charge in [-0.25, -0.2) is 4.79 Å². The van der Waals surface area contributed by atoms with Crippen LogP contribution in [0.2, 0.25) is 0 Å². The number of hydrogen-bond acceptors (Lipinski definition) is 8. The molecule has 1 rings (SSSR count). The number of hydrogen-bond donors (Lipinski definition) is 0. The molecule has 34 heavy (non-hydrogen) atoms. The lowest BCUT2D eigenvalue weighted by Gasteiger charge is -2.25. The molecule has 1 aromatic rings. The molecule has 0 saturated carbocycles. The van der Waals surface area contributed by atoms with E-state index in [4.69, 9.17) is 18.9 Å². The predicted molar refractivity (Wildman–Crippen MR) is 127 cm³/mol. The number of rotatable bonds is 9. The predicted octanol–water partition coefficient (Wildman–Crippen LogP) is 5.49. The van der Waals surface area contributed by atoms with Gasteiger partial charge in [0.15, 0.2) is 23.0 Å². The number of ether oxygens (including phenoxy) is 4. The SMILES string of the molecule is C/C=C(/C)C(=O)Oc1c(OC(C)=O)c(C)c(OC(C)=O)c(OC(C)=O)c1[C@H](C)CCC=C(C)C. The lowest BCUT2D eigenvalue weighted by atomic mass is 9.91. The summed E-state index contributed by atoms with van der Waals surface area (Å²) in [4.78, 5) is 48.6. The lowest BCUT2D eigenvalue weighted by molar-refractivity contribution is -0.135. The van der Waals surface area contributed by atoms with Crippen LogP contribution in [0.15, 0.2) is 23.3 Å². The highest BCUT2D eigenvalue weighted by Crippen LogP contribution is 2.52. The average Bonchev–Trinajstić information content (AvgIpc) is 2.71. The molecule has 0 amide bonds. The zero-order valence-electron chi connectivity index (χ0n) is 21.4. The van der Waals surface area contributed by atoms with Crippen molar-refractivity contribution in [1.29, 1.82) is 0 Å². The summed E-state index contributed by atoms with van der Waals surface area (Å²) in [6.07, 6.45) is 4.89. The third kappa shape index (κ3) is 7.86. The van der Waals surface area contributed by atoms with Gasteiger partial charge in [-0.15, -0.1) is 0 Å². The molecule has 0 aliphatic carbocycles. The van der Waals surface area contributed by atoms with Gasteiger partial charge in [0.2, 0.25) is 0 Å². The molecule has 1 atom stereocenters. The highest BCUT2D eigenvalue weighted by molar-refractivity contribution is 5.91. The lowest BCUT2D eigenvalue weighted by Crippen LogP contribution is -2.18. The zero-order valence-corrected chi connectivity index (χ0v) is 21.4. The molecule has 8 nitrogen and oxygen atoms in total. The fourth-order valence-electron chi connectivity index (χ4n) is 3.18. The Kier molecular flexibility index (Phi) is 10.7. The molecule has 0 aliphatic heterocycles. The quantitative estimate of drug-likeness (QED) is 0.200. The molecule has 0 heterocycles. The van der Waals surface area contributed by atoms with Crippen LogP contribution >= 0.6 is 0 Å². The van der Waals surface area contributed by atoms with Gasteiger partial charge in [0, 0.05) is 37.5 Å². The Bertz CT molecular complexity index is 1030.